The number of carbonyl (C=O) groups excluding carboxylic acids is 1. The minimum absolute atomic E-state index is 0.308. The molecule has 0 bridgehead atoms. The van der Waals surface area contributed by atoms with E-state index in [9.17, 15) is 4.79 Å². The predicted octanol–water partition coefficient (Wildman–Crippen LogP) is 3.14. The topological polar surface area (TPSA) is 23.6 Å². The molecule has 0 N–H and O–H groups in total. The lowest BCUT2D eigenvalue weighted by atomic mass is 10.1. The van der Waals surface area contributed by atoms with Gasteiger partial charge >= 0.3 is 0 Å². The van der Waals surface area contributed by atoms with E-state index in [0.717, 1.165) is 37.2 Å². The van der Waals surface area contributed by atoms with Gasteiger partial charge in [0.25, 0.3) is 0 Å². The van der Waals surface area contributed by atoms with Crippen molar-refractivity contribution in [2.45, 2.75) is 26.8 Å². The lowest BCUT2D eigenvalue weighted by molar-refractivity contribution is -0.133. The molecule has 4 heteroatoms. The van der Waals surface area contributed by atoms with E-state index >= 15 is 0 Å². The molecular formula is C16H23BrN2O. The second kappa shape index (κ2) is 7.23. The fourth-order valence-electron chi connectivity index (χ4n) is 2.53. The number of amides is 1. The fourth-order valence-corrected chi connectivity index (χ4v) is 2.97. The van der Waals surface area contributed by atoms with Crippen molar-refractivity contribution in [2.24, 2.45) is 5.92 Å². The van der Waals surface area contributed by atoms with Gasteiger partial charge < -0.3 is 4.90 Å². The average molecular weight is 339 g/mol. The van der Waals surface area contributed by atoms with Crippen molar-refractivity contribution in [3.63, 3.8) is 0 Å². The van der Waals surface area contributed by atoms with Gasteiger partial charge in [-0.25, -0.2) is 0 Å². The summed E-state index contributed by atoms with van der Waals surface area (Å²) >= 11 is 3.51. The summed E-state index contributed by atoms with van der Waals surface area (Å²) in [6.45, 7) is 8.82. The molecule has 1 heterocycles. The van der Waals surface area contributed by atoms with E-state index in [1.165, 1.54) is 5.56 Å². The van der Waals surface area contributed by atoms with Gasteiger partial charge in [-0.1, -0.05) is 41.9 Å². The maximum Gasteiger partial charge on any atom is 0.222 e. The van der Waals surface area contributed by atoms with E-state index < -0.39 is 0 Å². The molecule has 0 aromatic heterocycles. The summed E-state index contributed by atoms with van der Waals surface area (Å²) in [4.78, 5) is 16.4. The molecule has 1 amide bonds. The largest absolute Gasteiger partial charge is 0.340 e. The third-order valence-corrected chi connectivity index (χ3v) is 4.10. The minimum Gasteiger partial charge on any atom is -0.340 e. The molecule has 0 atom stereocenters. The maximum absolute atomic E-state index is 12.0. The normalized spacial score (nSPS) is 16.7. The van der Waals surface area contributed by atoms with E-state index in [4.69, 9.17) is 0 Å². The first-order valence-electron chi connectivity index (χ1n) is 7.29. The Bertz CT molecular complexity index is 454. The van der Waals surface area contributed by atoms with Gasteiger partial charge in [0.2, 0.25) is 5.91 Å². The molecule has 0 radical (unpaired) electrons. The summed E-state index contributed by atoms with van der Waals surface area (Å²) in [7, 11) is 0. The van der Waals surface area contributed by atoms with E-state index in [-0.39, 0.29) is 0 Å². The van der Waals surface area contributed by atoms with Gasteiger partial charge in [-0.3, -0.25) is 9.69 Å². The van der Waals surface area contributed by atoms with Crippen LogP contribution in [0.15, 0.2) is 28.7 Å². The van der Waals surface area contributed by atoms with Crippen LogP contribution in [0.3, 0.4) is 0 Å². The van der Waals surface area contributed by atoms with Gasteiger partial charge in [0.05, 0.1) is 0 Å². The van der Waals surface area contributed by atoms with Crippen molar-refractivity contribution >= 4 is 21.8 Å². The van der Waals surface area contributed by atoms with Crippen molar-refractivity contribution in [1.82, 2.24) is 9.80 Å². The molecular weight excluding hydrogens is 316 g/mol. The third-order valence-electron chi connectivity index (χ3n) is 3.60. The summed E-state index contributed by atoms with van der Waals surface area (Å²) in [5, 5.41) is 0. The second-order valence-corrected chi connectivity index (χ2v) is 6.80. The molecule has 1 fully saturated rings. The van der Waals surface area contributed by atoms with Crippen LogP contribution in [-0.4, -0.2) is 41.9 Å². The van der Waals surface area contributed by atoms with E-state index in [1.54, 1.807) is 0 Å². The molecule has 1 aliphatic rings. The number of halogens is 1. The van der Waals surface area contributed by atoms with E-state index in [2.05, 4.69) is 52.9 Å². The predicted molar refractivity (Wildman–Crippen MR) is 85.5 cm³/mol. The SMILES string of the molecule is CC(C)CC(=O)N1CCN(Cc2cccc(Br)c2)CC1. The molecule has 110 valence electrons. The Hall–Kier alpha value is -0.870. The Balaban J connectivity index is 1.81. The Kier molecular flexibility index (Phi) is 5.61. The number of rotatable bonds is 4. The van der Waals surface area contributed by atoms with Gasteiger partial charge in [-0.15, -0.1) is 0 Å². The quantitative estimate of drug-likeness (QED) is 0.841. The number of benzene rings is 1. The smallest absolute Gasteiger partial charge is 0.222 e. The zero-order valence-corrected chi connectivity index (χ0v) is 13.9. The zero-order valence-electron chi connectivity index (χ0n) is 12.3. The molecule has 0 spiro atoms. The molecule has 1 saturated heterocycles. The van der Waals surface area contributed by atoms with Crippen LogP contribution < -0.4 is 0 Å². The van der Waals surface area contributed by atoms with Gasteiger partial charge in [0.15, 0.2) is 0 Å². The zero-order chi connectivity index (χ0) is 14.5. The first kappa shape index (κ1) is 15.5. The number of nitrogens with zero attached hydrogens (tertiary/aromatic N) is 2. The van der Waals surface area contributed by atoms with Crippen molar-refractivity contribution < 1.29 is 4.79 Å². The van der Waals surface area contributed by atoms with Crippen LogP contribution in [0.1, 0.15) is 25.8 Å². The Morgan fingerprint density at radius 2 is 1.95 bits per heavy atom. The standard InChI is InChI=1S/C16H23BrN2O/c1-13(2)10-16(20)19-8-6-18(7-9-19)12-14-4-3-5-15(17)11-14/h3-5,11,13H,6-10,12H2,1-2H3. The highest BCUT2D eigenvalue weighted by molar-refractivity contribution is 9.10. The van der Waals surface area contributed by atoms with Crippen LogP contribution in [0.4, 0.5) is 0 Å². The summed E-state index contributed by atoms with van der Waals surface area (Å²) in [5.41, 5.74) is 1.32. The average Bonchev–Trinajstić information content (AvgIpc) is 2.38. The van der Waals surface area contributed by atoms with Gasteiger partial charge in [0, 0.05) is 43.6 Å². The van der Waals surface area contributed by atoms with Crippen LogP contribution in [0.25, 0.3) is 0 Å². The van der Waals surface area contributed by atoms with Crippen LogP contribution in [0.2, 0.25) is 0 Å². The first-order valence-corrected chi connectivity index (χ1v) is 8.08. The highest BCUT2D eigenvalue weighted by Crippen LogP contribution is 2.15. The molecule has 1 aliphatic heterocycles. The molecule has 20 heavy (non-hydrogen) atoms. The fraction of sp³-hybridized carbons (Fsp3) is 0.562. The second-order valence-electron chi connectivity index (χ2n) is 5.88. The van der Waals surface area contributed by atoms with E-state index in [1.807, 2.05) is 11.0 Å². The molecule has 2 rings (SSSR count). The number of carbonyl (C=O) groups is 1. The summed E-state index contributed by atoms with van der Waals surface area (Å²) < 4.78 is 1.13. The van der Waals surface area contributed by atoms with Crippen molar-refractivity contribution in [3.05, 3.63) is 34.3 Å². The molecule has 0 aliphatic carbocycles. The van der Waals surface area contributed by atoms with Crippen LogP contribution in [-0.2, 0) is 11.3 Å². The molecule has 1 aromatic carbocycles. The summed E-state index contributed by atoms with van der Waals surface area (Å²) in [6.07, 6.45) is 0.672. The molecule has 1 aromatic rings. The van der Waals surface area contributed by atoms with E-state index in [0.29, 0.717) is 18.2 Å². The van der Waals surface area contributed by atoms with Crippen LogP contribution in [0, 0.1) is 5.92 Å². The summed E-state index contributed by atoms with van der Waals surface area (Å²) in [6, 6.07) is 8.44. The molecule has 0 saturated carbocycles. The molecule has 3 nitrogen and oxygen atoms in total. The maximum atomic E-state index is 12.0. The first-order chi connectivity index (χ1) is 9.54. The number of piperazine rings is 1. The summed E-state index contributed by atoms with van der Waals surface area (Å²) in [5.74, 6) is 0.754. The minimum atomic E-state index is 0.308. The highest BCUT2D eigenvalue weighted by atomic mass is 79.9. The van der Waals surface area contributed by atoms with Gasteiger partial charge in [0.1, 0.15) is 0 Å². The Morgan fingerprint density at radius 1 is 1.25 bits per heavy atom. The highest BCUT2D eigenvalue weighted by Gasteiger charge is 2.21. The van der Waals surface area contributed by atoms with Crippen LogP contribution >= 0.6 is 15.9 Å². The monoisotopic (exact) mass is 338 g/mol. The number of hydrogen-bond donors (Lipinski definition) is 0. The third kappa shape index (κ3) is 4.60. The van der Waals surface area contributed by atoms with Crippen molar-refractivity contribution in [1.29, 1.82) is 0 Å². The van der Waals surface area contributed by atoms with Crippen LogP contribution in [0.5, 0.6) is 0 Å². The number of hydrogen-bond acceptors (Lipinski definition) is 2. The van der Waals surface area contributed by atoms with Crippen molar-refractivity contribution in [3.8, 4) is 0 Å². The molecule has 0 unspecified atom stereocenters. The lowest BCUT2D eigenvalue weighted by Crippen LogP contribution is -2.48. The lowest BCUT2D eigenvalue weighted by Gasteiger charge is -2.35. The Labute approximate surface area is 130 Å². The Morgan fingerprint density at radius 3 is 2.55 bits per heavy atom. The van der Waals surface area contributed by atoms with Gasteiger partial charge in [-0.05, 0) is 23.6 Å². The van der Waals surface area contributed by atoms with Crippen molar-refractivity contribution in [2.75, 3.05) is 26.2 Å². The van der Waals surface area contributed by atoms with Gasteiger partial charge in [-0.2, -0.15) is 0 Å².